The van der Waals surface area contributed by atoms with Gasteiger partial charge in [0.25, 0.3) is 0 Å². The Morgan fingerprint density at radius 1 is 0.860 bits per heavy atom. The van der Waals surface area contributed by atoms with Crippen LogP contribution in [0.15, 0.2) is 109 Å². The van der Waals surface area contributed by atoms with Crippen molar-refractivity contribution >= 4 is 39.6 Å². The minimum atomic E-state index is -0.593. The van der Waals surface area contributed by atoms with Crippen LogP contribution in [-0.4, -0.2) is 42.0 Å². The summed E-state index contributed by atoms with van der Waals surface area (Å²) >= 11 is 1.18. The number of carbonyl (C=O) groups is 3. The first-order valence-corrected chi connectivity index (χ1v) is 14.5. The molecule has 4 aromatic rings. The van der Waals surface area contributed by atoms with E-state index in [1.54, 1.807) is 24.3 Å². The van der Waals surface area contributed by atoms with Crippen molar-refractivity contribution in [2.75, 3.05) is 19.8 Å². The molecule has 43 heavy (non-hydrogen) atoms. The summed E-state index contributed by atoms with van der Waals surface area (Å²) in [6, 6.07) is 24.7. The Morgan fingerprint density at radius 2 is 1.56 bits per heavy atom. The summed E-state index contributed by atoms with van der Waals surface area (Å²) in [7, 11) is 0. The molecular formula is C35H32O7S. The number of ether oxygens (including phenoxy) is 3. The summed E-state index contributed by atoms with van der Waals surface area (Å²) in [4.78, 5) is 36.8. The second-order valence-electron chi connectivity index (χ2n) is 9.70. The van der Waals surface area contributed by atoms with E-state index in [1.807, 2.05) is 55.5 Å². The van der Waals surface area contributed by atoms with Crippen molar-refractivity contribution in [2.24, 2.45) is 0 Å². The first-order chi connectivity index (χ1) is 20.8. The fourth-order valence-corrected chi connectivity index (χ4v) is 4.94. The van der Waals surface area contributed by atoms with Crippen molar-refractivity contribution in [2.45, 2.75) is 24.7 Å². The molecule has 8 heteroatoms. The number of esters is 2. The number of unbranched alkanes of at least 4 members (excludes halogenated alkanes) is 1. The van der Waals surface area contributed by atoms with Gasteiger partial charge < -0.3 is 19.3 Å². The zero-order valence-corrected chi connectivity index (χ0v) is 24.7. The van der Waals surface area contributed by atoms with Crippen molar-refractivity contribution in [1.29, 1.82) is 0 Å². The zero-order valence-electron chi connectivity index (χ0n) is 23.8. The van der Waals surface area contributed by atoms with Gasteiger partial charge in [-0.2, -0.15) is 0 Å². The largest absolute Gasteiger partial charge is 0.493 e. The molecule has 220 valence electrons. The molecule has 7 nitrogen and oxygen atoms in total. The van der Waals surface area contributed by atoms with Gasteiger partial charge in [-0.05, 0) is 108 Å². The van der Waals surface area contributed by atoms with Crippen molar-refractivity contribution in [3.63, 3.8) is 0 Å². The highest BCUT2D eigenvalue weighted by atomic mass is 32.2. The number of hydrogen-bond acceptors (Lipinski definition) is 8. The molecule has 0 saturated heterocycles. The van der Waals surface area contributed by atoms with Gasteiger partial charge in [0.15, 0.2) is 0 Å². The van der Waals surface area contributed by atoms with E-state index in [-0.39, 0.29) is 17.3 Å². The van der Waals surface area contributed by atoms with E-state index >= 15 is 0 Å². The lowest BCUT2D eigenvalue weighted by atomic mass is 10.0. The molecule has 0 aromatic heterocycles. The van der Waals surface area contributed by atoms with Crippen LogP contribution in [0.5, 0.6) is 11.5 Å². The van der Waals surface area contributed by atoms with Crippen molar-refractivity contribution in [3.05, 3.63) is 115 Å². The second-order valence-corrected chi connectivity index (χ2v) is 10.7. The Morgan fingerprint density at radius 3 is 2.28 bits per heavy atom. The number of benzene rings is 4. The van der Waals surface area contributed by atoms with Gasteiger partial charge in [-0.25, -0.2) is 9.59 Å². The van der Waals surface area contributed by atoms with Crippen molar-refractivity contribution in [1.82, 2.24) is 0 Å². The molecular weight excluding hydrogens is 564 g/mol. The highest BCUT2D eigenvalue weighted by Gasteiger charge is 2.12. The van der Waals surface area contributed by atoms with E-state index in [9.17, 15) is 14.4 Å². The highest BCUT2D eigenvalue weighted by molar-refractivity contribution is 8.14. The van der Waals surface area contributed by atoms with Crippen LogP contribution in [0.3, 0.4) is 0 Å². The third kappa shape index (κ3) is 8.67. The molecule has 0 aliphatic carbocycles. The Kier molecular flexibility index (Phi) is 10.9. The summed E-state index contributed by atoms with van der Waals surface area (Å²) in [6.07, 6.45) is 2.42. The summed E-state index contributed by atoms with van der Waals surface area (Å²) in [5.41, 5.74) is 3.49. The predicted octanol–water partition coefficient (Wildman–Crippen LogP) is 7.09. The standard InChI is InChI=1S/C35H32O7S/c1-4-33(37)42-30-13-9-25(10-14-30)26-7-8-28-21-31(15-11-27(28)20-26)43-35(39)29-12-16-32(23(2)19-29)40-17-5-6-18-41-34(38)24(3)22-36/h4,7-16,19-21,36H,1,3,5-6,17-18,22H2,2H3. The maximum absolute atomic E-state index is 13.0. The van der Waals surface area contributed by atoms with E-state index in [0.29, 0.717) is 36.5 Å². The average molecular weight is 597 g/mol. The highest BCUT2D eigenvalue weighted by Crippen LogP contribution is 2.31. The summed E-state index contributed by atoms with van der Waals surface area (Å²) in [5, 5.41) is 10.9. The van der Waals surface area contributed by atoms with Crippen LogP contribution in [0, 0.1) is 6.92 Å². The SMILES string of the molecule is C=CC(=O)Oc1ccc(-c2ccc3cc(SC(=O)c4ccc(OCCCCOC(=O)C(=C)CO)c(C)c4)ccc3c2)cc1. The number of fused-ring (bicyclic) bond motifs is 1. The van der Waals surface area contributed by atoms with Crippen molar-refractivity contribution in [3.8, 4) is 22.6 Å². The molecule has 0 aliphatic rings. The summed E-state index contributed by atoms with van der Waals surface area (Å²) < 4.78 is 16.0. The van der Waals surface area contributed by atoms with Gasteiger partial charge >= 0.3 is 11.9 Å². The quantitative estimate of drug-likeness (QED) is 0.0574. The molecule has 0 radical (unpaired) electrons. The topological polar surface area (TPSA) is 99.1 Å². The molecule has 0 amide bonds. The van der Waals surface area contributed by atoms with Crippen LogP contribution in [0.2, 0.25) is 0 Å². The summed E-state index contributed by atoms with van der Waals surface area (Å²) in [6.45, 7) is 8.98. The van der Waals surface area contributed by atoms with Gasteiger partial charge in [-0.1, -0.05) is 43.5 Å². The van der Waals surface area contributed by atoms with E-state index in [2.05, 4.69) is 19.2 Å². The number of carbonyl (C=O) groups excluding carboxylic acids is 3. The average Bonchev–Trinajstić information content (AvgIpc) is 3.02. The van der Waals surface area contributed by atoms with Crippen molar-refractivity contribution < 1.29 is 33.7 Å². The lowest BCUT2D eigenvalue weighted by Crippen LogP contribution is -2.11. The molecule has 0 unspecified atom stereocenters. The van der Waals surface area contributed by atoms with E-state index in [0.717, 1.165) is 38.4 Å². The van der Waals surface area contributed by atoms with Crippen LogP contribution >= 0.6 is 11.8 Å². The first-order valence-electron chi connectivity index (χ1n) is 13.7. The zero-order chi connectivity index (χ0) is 30.8. The summed E-state index contributed by atoms with van der Waals surface area (Å²) in [5.74, 6) is 0.0593. The Bertz CT molecular complexity index is 1660. The second kappa shape index (κ2) is 15.0. The van der Waals surface area contributed by atoms with Gasteiger partial charge in [-0.15, -0.1) is 0 Å². The molecule has 4 rings (SSSR count). The molecule has 0 spiro atoms. The normalized spacial score (nSPS) is 10.7. The maximum Gasteiger partial charge on any atom is 0.335 e. The fourth-order valence-electron chi connectivity index (χ4n) is 4.16. The third-order valence-electron chi connectivity index (χ3n) is 6.51. The first kappa shape index (κ1) is 31.3. The molecule has 0 heterocycles. The van der Waals surface area contributed by atoms with Crippen LogP contribution in [0.1, 0.15) is 28.8 Å². The number of aryl methyl sites for hydroxylation is 1. The minimum Gasteiger partial charge on any atom is -0.493 e. The van der Waals surface area contributed by atoms with Crippen LogP contribution in [0.25, 0.3) is 21.9 Å². The Hall–Kier alpha value is -4.66. The van der Waals surface area contributed by atoms with Gasteiger partial charge in [0, 0.05) is 16.5 Å². The predicted molar refractivity (Wildman–Crippen MR) is 168 cm³/mol. The van der Waals surface area contributed by atoms with Crippen LogP contribution in [-0.2, 0) is 14.3 Å². The lowest BCUT2D eigenvalue weighted by molar-refractivity contribution is -0.139. The van der Waals surface area contributed by atoms with E-state index in [4.69, 9.17) is 19.3 Å². The van der Waals surface area contributed by atoms with E-state index in [1.165, 1.54) is 11.8 Å². The van der Waals surface area contributed by atoms with Gasteiger partial charge in [0.1, 0.15) is 11.5 Å². The molecule has 0 bridgehead atoms. The Labute approximate surface area is 254 Å². The minimum absolute atomic E-state index is 0.0324. The Balaban J connectivity index is 1.31. The molecule has 0 atom stereocenters. The molecule has 0 saturated carbocycles. The molecule has 4 aromatic carbocycles. The smallest absolute Gasteiger partial charge is 0.335 e. The number of aliphatic hydroxyl groups excluding tert-OH is 1. The van der Waals surface area contributed by atoms with E-state index < -0.39 is 18.5 Å². The number of aliphatic hydroxyl groups is 1. The van der Waals surface area contributed by atoms with Gasteiger partial charge in [0.2, 0.25) is 5.12 Å². The van der Waals surface area contributed by atoms with Crippen LogP contribution < -0.4 is 9.47 Å². The molecule has 0 fully saturated rings. The van der Waals surface area contributed by atoms with Gasteiger partial charge in [-0.3, -0.25) is 4.79 Å². The maximum atomic E-state index is 13.0. The lowest BCUT2D eigenvalue weighted by Gasteiger charge is -2.11. The number of thioether (sulfide) groups is 1. The number of rotatable bonds is 13. The molecule has 1 N–H and O–H groups in total. The fraction of sp³-hybridized carbons (Fsp3) is 0.171. The monoisotopic (exact) mass is 596 g/mol. The van der Waals surface area contributed by atoms with Gasteiger partial charge in [0.05, 0.1) is 25.4 Å². The number of hydrogen-bond donors (Lipinski definition) is 1. The molecule has 0 aliphatic heterocycles. The van der Waals surface area contributed by atoms with Crippen LogP contribution in [0.4, 0.5) is 0 Å². The third-order valence-corrected chi connectivity index (χ3v) is 7.43.